The van der Waals surface area contributed by atoms with Crippen LogP contribution in [0.5, 0.6) is 0 Å². The molecule has 0 aliphatic rings. The van der Waals surface area contributed by atoms with E-state index in [2.05, 4.69) is 31.3 Å². The Morgan fingerprint density at radius 3 is 2.63 bits per heavy atom. The van der Waals surface area contributed by atoms with Crippen molar-refractivity contribution in [2.75, 3.05) is 13.2 Å². The van der Waals surface area contributed by atoms with Crippen LogP contribution in [0, 0.1) is 0 Å². The molecule has 1 aromatic carbocycles. The summed E-state index contributed by atoms with van der Waals surface area (Å²) >= 11 is 0. The summed E-state index contributed by atoms with van der Waals surface area (Å²) in [5.41, 5.74) is 0.937. The molecule has 0 spiro atoms. The van der Waals surface area contributed by atoms with Crippen molar-refractivity contribution in [1.29, 1.82) is 0 Å². The highest BCUT2D eigenvalue weighted by molar-refractivity contribution is 5.77. The average molecular weight is 261 g/mol. The minimum atomic E-state index is 0.113. The van der Waals surface area contributed by atoms with E-state index in [-0.39, 0.29) is 12.1 Å². The molecule has 2 atom stereocenters. The summed E-state index contributed by atoms with van der Waals surface area (Å²) in [5.74, 6) is 0.961. The number of hydrogen-bond donors (Lipinski definition) is 1. The third-order valence-electron chi connectivity index (χ3n) is 3.33. The highest BCUT2D eigenvalue weighted by Crippen LogP contribution is 2.28. The van der Waals surface area contributed by atoms with Crippen molar-refractivity contribution in [3.63, 3.8) is 0 Å². The SMILES string of the molecule is CCNC(c1cc2ccccc2o1)C(CC)OCC. The van der Waals surface area contributed by atoms with Crippen molar-refractivity contribution in [3.8, 4) is 0 Å². The number of nitrogens with one attached hydrogen (secondary N) is 1. The molecule has 2 rings (SSSR count). The van der Waals surface area contributed by atoms with E-state index in [1.165, 1.54) is 0 Å². The van der Waals surface area contributed by atoms with E-state index in [0.717, 1.165) is 36.3 Å². The van der Waals surface area contributed by atoms with Gasteiger partial charge in [-0.15, -0.1) is 0 Å². The lowest BCUT2D eigenvalue weighted by atomic mass is 10.1. The number of ether oxygens (including phenoxy) is 1. The molecule has 0 saturated carbocycles. The zero-order chi connectivity index (χ0) is 13.7. The van der Waals surface area contributed by atoms with Gasteiger partial charge < -0.3 is 14.5 Å². The third-order valence-corrected chi connectivity index (χ3v) is 3.33. The number of benzene rings is 1. The summed E-state index contributed by atoms with van der Waals surface area (Å²) in [5, 5.41) is 4.62. The largest absolute Gasteiger partial charge is 0.459 e. The quantitative estimate of drug-likeness (QED) is 0.821. The van der Waals surface area contributed by atoms with Crippen molar-refractivity contribution in [2.24, 2.45) is 0 Å². The lowest BCUT2D eigenvalue weighted by molar-refractivity contribution is 0.0267. The predicted octanol–water partition coefficient (Wildman–Crippen LogP) is 3.90. The Labute approximate surface area is 114 Å². The lowest BCUT2D eigenvalue weighted by Crippen LogP contribution is -2.33. The maximum absolute atomic E-state index is 5.97. The Morgan fingerprint density at radius 1 is 1.21 bits per heavy atom. The summed E-state index contributed by atoms with van der Waals surface area (Å²) in [7, 11) is 0. The first-order valence-corrected chi connectivity index (χ1v) is 7.13. The van der Waals surface area contributed by atoms with Crippen LogP contribution in [-0.4, -0.2) is 19.3 Å². The van der Waals surface area contributed by atoms with Crippen LogP contribution in [0.3, 0.4) is 0 Å². The molecule has 0 bridgehead atoms. The molecule has 0 aliphatic heterocycles. The van der Waals surface area contributed by atoms with E-state index < -0.39 is 0 Å². The first-order chi connectivity index (χ1) is 9.30. The highest BCUT2D eigenvalue weighted by atomic mass is 16.5. The molecule has 104 valence electrons. The van der Waals surface area contributed by atoms with Gasteiger partial charge in [-0.1, -0.05) is 32.0 Å². The van der Waals surface area contributed by atoms with E-state index in [9.17, 15) is 0 Å². The van der Waals surface area contributed by atoms with Gasteiger partial charge in [-0.25, -0.2) is 0 Å². The number of hydrogen-bond acceptors (Lipinski definition) is 3. The number of fused-ring (bicyclic) bond motifs is 1. The molecule has 0 aliphatic carbocycles. The second-order valence-corrected chi connectivity index (χ2v) is 4.62. The summed E-state index contributed by atoms with van der Waals surface area (Å²) in [6.45, 7) is 7.90. The molecule has 0 saturated heterocycles. The number of para-hydroxylation sites is 1. The van der Waals surface area contributed by atoms with Crippen molar-refractivity contribution in [3.05, 3.63) is 36.1 Å². The minimum Gasteiger partial charge on any atom is -0.459 e. The van der Waals surface area contributed by atoms with E-state index in [1.807, 2.05) is 25.1 Å². The first-order valence-electron chi connectivity index (χ1n) is 7.13. The topological polar surface area (TPSA) is 34.4 Å². The molecule has 3 heteroatoms. The van der Waals surface area contributed by atoms with Crippen LogP contribution in [0.25, 0.3) is 11.0 Å². The van der Waals surface area contributed by atoms with Gasteiger partial charge in [0.2, 0.25) is 0 Å². The van der Waals surface area contributed by atoms with Crippen LogP contribution in [0.2, 0.25) is 0 Å². The van der Waals surface area contributed by atoms with Crippen LogP contribution in [0.4, 0.5) is 0 Å². The Kier molecular flexibility index (Phi) is 5.00. The first kappa shape index (κ1) is 14.1. The molecular formula is C16H23NO2. The fraction of sp³-hybridized carbons (Fsp3) is 0.500. The van der Waals surface area contributed by atoms with E-state index in [1.54, 1.807) is 0 Å². The molecule has 1 aromatic heterocycles. The summed E-state index contributed by atoms with van der Waals surface area (Å²) < 4.78 is 11.8. The van der Waals surface area contributed by atoms with Gasteiger partial charge in [-0.3, -0.25) is 0 Å². The molecule has 0 fully saturated rings. The molecule has 0 amide bonds. The number of furan rings is 1. The van der Waals surface area contributed by atoms with E-state index >= 15 is 0 Å². The Bertz CT molecular complexity index is 473. The van der Waals surface area contributed by atoms with Crippen LogP contribution < -0.4 is 5.32 Å². The number of rotatable bonds is 7. The monoisotopic (exact) mass is 261 g/mol. The van der Waals surface area contributed by atoms with Crippen molar-refractivity contribution in [1.82, 2.24) is 5.32 Å². The van der Waals surface area contributed by atoms with Crippen molar-refractivity contribution in [2.45, 2.75) is 39.3 Å². The van der Waals surface area contributed by atoms with Gasteiger partial charge in [0.05, 0.1) is 12.1 Å². The molecule has 0 radical (unpaired) electrons. The van der Waals surface area contributed by atoms with Gasteiger partial charge in [0.15, 0.2) is 0 Å². The van der Waals surface area contributed by atoms with Gasteiger partial charge in [-0.05, 0) is 32.0 Å². The molecular weight excluding hydrogens is 238 g/mol. The Hall–Kier alpha value is -1.32. The smallest absolute Gasteiger partial charge is 0.134 e. The fourth-order valence-corrected chi connectivity index (χ4v) is 2.45. The average Bonchev–Trinajstić information content (AvgIpc) is 2.86. The minimum absolute atomic E-state index is 0.113. The molecule has 3 nitrogen and oxygen atoms in total. The summed E-state index contributed by atoms with van der Waals surface area (Å²) in [4.78, 5) is 0. The summed E-state index contributed by atoms with van der Waals surface area (Å²) in [6, 6.07) is 10.3. The molecule has 2 aromatic rings. The fourth-order valence-electron chi connectivity index (χ4n) is 2.45. The molecule has 1 heterocycles. The standard InChI is InChI=1S/C16H23NO2/c1-4-13(18-6-3)16(17-5-2)15-11-12-9-7-8-10-14(12)19-15/h7-11,13,16-17H,4-6H2,1-3H3. The second-order valence-electron chi connectivity index (χ2n) is 4.62. The number of likely N-dealkylation sites (N-methyl/N-ethyl adjacent to an activating group) is 1. The highest BCUT2D eigenvalue weighted by Gasteiger charge is 2.24. The van der Waals surface area contributed by atoms with Gasteiger partial charge >= 0.3 is 0 Å². The summed E-state index contributed by atoms with van der Waals surface area (Å²) in [6.07, 6.45) is 1.10. The van der Waals surface area contributed by atoms with Crippen LogP contribution in [-0.2, 0) is 4.74 Å². The van der Waals surface area contributed by atoms with Gasteiger partial charge in [0.25, 0.3) is 0 Å². The lowest BCUT2D eigenvalue weighted by Gasteiger charge is -2.25. The van der Waals surface area contributed by atoms with E-state index in [0.29, 0.717) is 0 Å². The zero-order valence-corrected chi connectivity index (χ0v) is 12.0. The van der Waals surface area contributed by atoms with Crippen LogP contribution in [0.15, 0.2) is 34.7 Å². The van der Waals surface area contributed by atoms with Gasteiger partial charge in [0.1, 0.15) is 11.3 Å². The van der Waals surface area contributed by atoms with Gasteiger partial charge in [-0.2, -0.15) is 0 Å². The van der Waals surface area contributed by atoms with Crippen LogP contribution in [0.1, 0.15) is 39.0 Å². The van der Waals surface area contributed by atoms with Gasteiger partial charge in [0, 0.05) is 12.0 Å². The normalized spacial score (nSPS) is 14.7. The maximum atomic E-state index is 5.97. The zero-order valence-electron chi connectivity index (χ0n) is 12.0. The molecule has 19 heavy (non-hydrogen) atoms. The van der Waals surface area contributed by atoms with E-state index in [4.69, 9.17) is 9.15 Å². The molecule has 2 unspecified atom stereocenters. The predicted molar refractivity (Wildman–Crippen MR) is 78.3 cm³/mol. The van der Waals surface area contributed by atoms with Crippen molar-refractivity contribution < 1.29 is 9.15 Å². The Morgan fingerprint density at radius 2 is 2.00 bits per heavy atom. The second kappa shape index (κ2) is 6.73. The maximum Gasteiger partial charge on any atom is 0.134 e. The Balaban J connectivity index is 2.31. The third kappa shape index (κ3) is 3.17. The van der Waals surface area contributed by atoms with Crippen LogP contribution >= 0.6 is 0 Å². The van der Waals surface area contributed by atoms with Crippen molar-refractivity contribution >= 4 is 11.0 Å². The molecule has 1 N–H and O–H groups in total.